The molecule has 13 heteroatoms. The van der Waals surface area contributed by atoms with Crippen LogP contribution in [0.2, 0.25) is 0 Å². The number of carbonyl (C=O) groups is 1. The number of nitrogens with zero attached hydrogens (tertiary/aromatic N) is 5. The van der Waals surface area contributed by atoms with Crippen LogP contribution >= 0.6 is 11.3 Å². The zero-order chi connectivity index (χ0) is 28.2. The maximum atomic E-state index is 14.8. The Morgan fingerprint density at radius 2 is 1.98 bits per heavy atom. The number of aliphatic hydroxyl groups excluding tert-OH is 1. The lowest BCUT2D eigenvalue weighted by Crippen LogP contribution is -2.25. The van der Waals surface area contributed by atoms with E-state index in [4.69, 9.17) is 19.3 Å². The molecule has 0 fully saturated rings. The van der Waals surface area contributed by atoms with Gasteiger partial charge in [0.15, 0.2) is 5.82 Å². The number of amides is 1. The van der Waals surface area contributed by atoms with Crippen molar-refractivity contribution in [2.45, 2.75) is 26.4 Å². The lowest BCUT2D eigenvalue weighted by atomic mass is 10.1. The van der Waals surface area contributed by atoms with Gasteiger partial charge >= 0.3 is 6.09 Å². The lowest BCUT2D eigenvalue weighted by Gasteiger charge is -2.14. The Bertz CT molecular complexity index is 1680. The number of fused-ring (bicyclic) bond motifs is 2. The van der Waals surface area contributed by atoms with Crippen molar-refractivity contribution >= 4 is 44.5 Å². The molecule has 4 aromatic heterocycles. The molecule has 1 atom stereocenters. The van der Waals surface area contributed by atoms with Crippen LogP contribution in [0.4, 0.5) is 14.9 Å². The second-order valence-corrected chi connectivity index (χ2v) is 9.85. The van der Waals surface area contributed by atoms with E-state index < -0.39 is 18.0 Å². The Balaban J connectivity index is 1.27. The highest BCUT2D eigenvalue weighted by molar-refractivity contribution is 7.21. The van der Waals surface area contributed by atoms with Gasteiger partial charge in [0.25, 0.3) is 5.88 Å². The molecule has 4 heterocycles. The minimum atomic E-state index is -0.713. The summed E-state index contributed by atoms with van der Waals surface area (Å²) in [7, 11) is 1.53. The fraction of sp³-hybridized carbons (Fsp3) is 0.259. The Kier molecular flexibility index (Phi) is 7.94. The van der Waals surface area contributed by atoms with Crippen molar-refractivity contribution in [3.8, 4) is 22.3 Å². The number of aryl methyl sites for hydroxylation is 1. The van der Waals surface area contributed by atoms with Crippen molar-refractivity contribution in [2.24, 2.45) is 0 Å². The van der Waals surface area contributed by atoms with Gasteiger partial charge < -0.3 is 19.3 Å². The molecule has 1 aromatic carbocycles. The van der Waals surface area contributed by atoms with Crippen molar-refractivity contribution in [1.29, 1.82) is 0 Å². The standard InChI is InChI=1S/C27H25FN6O5S/c1-14-8-18(23-20(9-14)32-22(37-3)12-30-23)25-33-21-10-19(28)24(34-26(21)40-25)38-13-15(2)39-27(36)31-17-5-4-16(6-7-35)29-11-17/h4-5,8-12,15,35H,6-7,13H2,1-3H3,(H,31,36)/t15-/m1/s1. The molecular formula is C27H25FN6O5S. The van der Waals surface area contributed by atoms with Gasteiger partial charge in [-0.1, -0.05) is 11.3 Å². The minimum absolute atomic E-state index is 0.0129. The van der Waals surface area contributed by atoms with E-state index in [0.717, 1.165) is 11.1 Å². The summed E-state index contributed by atoms with van der Waals surface area (Å²) in [6.45, 7) is 3.42. The molecule has 0 spiro atoms. The number of hydrogen-bond acceptors (Lipinski definition) is 11. The fourth-order valence-corrected chi connectivity index (χ4v) is 4.80. The number of rotatable bonds is 9. The van der Waals surface area contributed by atoms with Gasteiger partial charge in [-0.15, -0.1) is 0 Å². The zero-order valence-corrected chi connectivity index (χ0v) is 22.7. The predicted molar refractivity (Wildman–Crippen MR) is 147 cm³/mol. The number of aliphatic hydroxyl groups is 1. The van der Waals surface area contributed by atoms with Gasteiger partial charge in [-0.05, 0) is 43.7 Å². The Morgan fingerprint density at radius 1 is 1.12 bits per heavy atom. The number of hydrogen-bond donors (Lipinski definition) is 2. The van der Waals surface area contributed by atoms with Gasteiger partial charge in [0.2, 0.25) is 5.88 Å². The average molecular weight is 565 g/mol. The molecule has 2 N–H and O–H groups in total. The number of carbonyl (C=O) groups excluding carboxylic acids is 1. The van der Waals surface area contributed by atoms with E-state index in [2.05, 4.69) is 30.2 Å². The number of benzene rings is 1. The average Bonchev–Trinajstić information content (AvgIpc) is 3.34. The second-order valence-electron chi connectivity index (χ2n) is 8.87. The predicted octanol–water partition coefficient (Wildman–Crippen LogP) is 4.70. The third-order valence-electron chi connectivity index (χ3n) is 5.72. The summed E-state index contributed by atoms with van der Waals surface area (Å²) in [5, 5.41) is 12.1. The van der Waals surface area contributed by atoms with E-state index >= 15 is 0 Å². The van der Waals surface area contributed by atoms with Gasteiger partial charge in [-0.2, -0.15) is 4.98 Å². The van der Waals surface area contributed by atoms with Gasteiger partial charge in [-0.25, -0.2) is 24.1 Å². The highest BCUT2D eigenvalue weighted by atomic mass is 32.1. The molecule has 40 heavy (non-hydrogen) atoms. The summed E-state index contributed by atoms with van der Waals surface area (Å²) < 4.78 is 30.8. The van der Waals surface area contributed by atoms with Crippen molar-refractivity contribution in [3.05, 3.63) is 59.8 Å². The summed E-state index contributed by atoms with van der Waals surface area (Å²) in [6, 6.07) is 8.45. The molecule has 11 nitrogen and oxygen atoms in total. The first kappa shape index (κ1) is 27.1. The van der Waals surface area contributed by atoms with E-state index in [-0.39, 0.29) is 19.1 Å². The van der Waals surface area contributed by atoms with Crippen molar-refractivity contribution in [2.75, 3.05) is 25.6 Å². The number of anilines is 1. The van der Waals surface area contributed by atoms with Crippen molar-refractivity contribution in [1.82, 2.24) is 24.9 Å². The molecule has 206 valence electrons. The molecule has 0 aliphatic rings. The SMILES string of the molecule is COc1cnc2c(-c3nc4cc(F)c(OC[C@@H](C)OC(=O)Nc5ccc(CCO)nc5)nc4s3)cc(C)cc2n1. The van der Waals surface area contributed by atoms with Gasteiger partial charge in [0.05, 0.1) is 36.2 Å². The van der Waals surface area contributed by atoms with Crippen molar-refractivity contribution in [3.63, 3.8) is 0 Å². The normalized spacial score (nSPS) is 11.9. The molecule has 5 aromatic rings. The molecule has 5 rings (SSSR count). The molecule has 0 radical (unpaired) electrons. The maximum Gasteiger partial charge on any atom is 0.412 e. The van der Waals surface area contributed by atoms with Gasteiger partial charge in [-0.3, -0.25) is 10.3 Å². The van der Waals surface area contributed by atoms with E-state index in [1.54, 1.807) is 19.1 Å². The third kappa shape index (κ3) is 6.05. The van der Waals surface area contributed by atoms with Crippen LogP contribution in [0.3, 0.4) is 0 Å². The largest absolute Gasteiger partial charge is 0.480 e. The van der Waals surface area contributed by atoms with E-state index in [0.29, 0.717) is 50.1 Å². The first-order valence-corrected chi connectivity index (χ1v) is 13.1. The number of ether oxygens (including phenoxy) is 3. The van der Waals surface area contributed by atoms with E-state index in [1.807, 2.05) is 19.1 Å². The van der Waals surface area contributed by atoms with Crippen LogP contribution in [-0.4, -0.2) is 62.5 Å². The molecule has 0 saturated carbocycles. The molecule has 0 aliphatic carbocycles. The molecule has 0 aliphatic heterocycles. The molecule has 1 amide bonds. The highest BCUT2D eigenvalue weighted by Crippen LogP contribution is 2.35. The van der Waals surface area contributed by atoms with Gasteiger partial charge in [0.1, 0.15) is 28.1 Å². The molecular weight excluding hydrogens is 539 g/mol. The van der Waals surface area contributed by atoms with E-state index in [9.17, 15) is 9.18 Å². The van der Waals surface area contributed by atoms with Crippen LogP contribution in [0.25, 0.3) is 32.0 Å². The summed E-state index contributed by atoms with van der Waals surface area (Å²) in [4.78, 5) is 34.7. The van der Waals surface area contributed by atoms with Crippen LogP contribution in [0, 0.1) is 12.7 Å². The topological polar surface area (TPSA) is 141 Å². The summed E-state index contributed by atoms with van der Waals surface area (Å²) in [5.41, 5.74) is 4.52. The van der Waals surface area contributed by atoms with Crippen molar-refractivity contribution < 1.29 is 28.5 Å². The number of methoxy groups -OCH3 is 1. The quantitative estimate of drug-likeness (QED) is 0.259. The molecule has 0 saturated heterocycles. The van der Waals surface area contributed by atoms with Crippen LogP contribution in [0.15, 0.2) is 42.7 Å². The van der Waals surface area contributed by atoms with Crippen LogP contribution in [-0.2, 0) is 11.2 Å². The minimum Gasteiger partial charge on any atom is -0.480 e. The number of aromatic nitrogens is 5. The Hall–Kier alpha value is -4.49. The molecule has 0 bridgehead atoms. The lowest BCUT2D eigenvalue weighted by molar-refractivity contribution is 0.0827. The van der Waals surface area contributed by atoms with Crippen LogP contribution in [0.1, 0.15) is 18.2 Å². The smallest absolute Gasteiger partial charge is 0.412 e. The molecule has 0 unspecified atom stereocenters. The number of halogens is 1. The Labute approximate surface area is 232 Å². The fourth-order valence-electron chi connectivity index (χ4n) is 3.87. The van der Waals surface area contributed by atoms with E-state index in [1.165, 1.54) is 36.9 Å². The summed E-state index contributed by atoms with van der Waals surface area (Å²) in [5.74, 6) is -0.506. The highest BCUT2D eigenvalue weighted by Gasteiger charge is 2.18. The van der Waals surface area contributed by atoms with Gasteiger partial charge in [0, 0.05) is 30.4 Å². The number of thiazole rings is 1. The first-order valence-electron chi connectivity index (χ1n) is 12.3. The second kappa shape index (κ2) is 11.7. The third-order valence-corrected chi connectivity index (χ3v) is 6.71. The zero-order valence-electron chi connectivity index (χ0n) is 21.8. The Morgan fingerprint density at radius 3 is 2.73 bits per heavy atom. The summed E-state index contributed by atoms with van der Waals surface area (Å²) in [6.07, 6.45) is 2.01. The monoisotopic (exact) mass is 564 g/mol. The maximum absolute atomic E-state index is 14.8. The van der Waals surface area contributed by atoms with Crippen LogP contribution in [0.5, 0.6) is 11.8 Å². The number of nitrogens with one attached hydrogen (secondary N) is 1. The van der Waals surface area contributed by atoms with Crippen LogP contribution < -0.4 is 14.8 Å². The summed E-state index contributed by atoms with van der Waals surface area (Å²) >= 11 is 1.27. The number of pyridine rings is 2. The first-order chi connectivity index (χ1) is 19.3.